The van der Waals surface area contributed by atoms with E-state index in [-0.39, 0.29) is 5.78 Å². The number of ketones is 1. The summed E-state index contributed by atoms with van der Waals surface area (Å²) >= 11 is 14.0. The SMILES string of the molecule is CCN(CC)C(=S)S[C@@H]1C(=O)c2cc(Br)cc(Br)c2O[C@H]1c1ccccc1. The van der Waals surface area contributed by atoms with Gasteiger partial charge in [-0.2, -0.15) is 0 Å². The van der Waals surface area contributed by atoms with E-state index < -0.39 is 11.4 Å². The zero-order valence-electron chi connectivity index (χ0n) is 14.9. The second-order valence-corrected chi connectivity index (χ2v) is 9.60. The Morgan fingerprint density at radius 1 is 1.19 bits per heavy atom. The first-order valence-corrected chi connectivity index (χ1v) is 11.5. The standard InChI is InChI=1S/C20H19Br2NO2S2/c1-3-23(4-2)20(26)27-19-16(24)14-10-13(21)11-15(22)18(14)25-17(19)12-8-6-5-7-9-12/h5-11,17,19H,3-4H2,1-2H3/t17-,19+/m0/s1. The Bertz CT molecular complexity index is 857. The lowest BCUT2D eigenvalue weighted by atomic mass is 9.96. The molecule has 0 N–H and O–H groups in total. The maximum absolute atomic E-state index is 13.4. The summed E-state index contributed by atoms with van der Waals surface area (Å²) < 4.78 is 8.66. The summed E-state index contributed by atoms with van der Waals surface area (Å²) in [6.45, 7) is 5.75. The van der Waals surface area contributed by atoms with Gasteiger partial charge in [-0.3, -0.25) is 4.79 Å². The minimum atomic E-state index is -0.436. The van der Waals surface area contributed by atoms with Crippen LogP contribution in [0.15, 0.2) is 51.4 Å². The summed E-state index contributed by atoms with van der Waals surface area (Å²) in [5, 5.41) is -0.436. The average molecular weight is 529 g/mol. The van der Waals surface area contributed by atoms with E-state index in [4.69, 9.17) is 17.0 Å². The van der Waals surface area contributed by atoms with E-state index in [2.05, 4.69) is 50.6 Å². The van der Waals surface area contributed by atoms with Crippen molar-refractivity contribution in [1.29, 1.82) is 0 Å². The van der Waals surface area contributed by atoms with Gasteiger partial charge in [0.2, 0.25) is 0 Å². The number of Topliss-reactive ketones (excluding diaryl/α,β-unsaturated/α-hetero) is 1. The van der Waals surface area contributed by atoms with Crippen molar-refractivity contribution in [2.75, 3.05) is 13.1 Å². The Kier molecular flexibility index (Phi) is 7.00. The van der Waals surface area contributed by atoms with Gasteiger partial charge in [-0.05, 0) is 47.5 Å². The first-order valence-electron chi connectivity index (χ1n) is 8.66. The van der Waals surface area contributed by atoms with Crippen LogP contribution in [-0.4, -0.2) is 33.3 Å². The van der Waals surface area contributed by atoms with E-state index in [1.807, 2.05) is 42.5 Å². The molecule has 27 heavy (non-hydrogen) atoms. The molecule has 7 heteroatoms. The van der Waals surface area contributed by atoms with Crippen molar-refractivity contribution in [3.63, 3.8) is 0 Å². The lowest BCUT2D eigenvalue weighted by molar-refractivity contribution is 0.0866. The molecule has 1 aliphatic rings. The summed E-state index contributed by atoms with van der Waals surface area (Å²) in [6.07, 6.45) is -0.401. The Hall–Kier alpha value is -0.890. The third-order valence-corrected chi connectivity index (χ3v) is 7.20. The summed E-state index contributed by atoms with van der Waals surface area (Å²) in [4.78, 5) is 15.5. The number of ether oxygens (including phenoxy) is 1. The van der Waals surface area contributed by atoms with Gasteiger partial charge in [-0.1, -0.05) is 70.2 Å². The quantitative estimate of drug-likeness (QED) is 0.437. The Morgan fingerprint density at radius 3 is 2.48 bits per heavy atom. The number of fused-ring (bicyclic) bond motifs is 1. The zero-order chi connectivity index (χ0) is 19.6. The molecule has 2 aromatic carbocycles. The molecule has 3 rings (SSSR count). The summed E-state index contributed by atoms with van der Waals surface area (Å²) in [7, 11) is 0. The number of nitrogens with zero attached hydrogens (tertiary/aromatic N) is 1. The van der Waals surface area contributed by atoms with Crippen LogP contribution >= 0.6 is 55.8 Å². The van der Waals surface area contributed by atoms with Crippen LogP contribution in [-0.2, 0) is 0 Å². The maximum Gasteiger partial charge on any atom is 0.184 e. The summed E-state index contributed by atoms with van der Waals surface area (Å²) in [6, 6.07) is 13.6. The van der Waals surface area contributed by atoms with Crippen LogP contribution in [0.3, 0.4) is 0 Å². The van der Waals surface area contributed by atoms with Crippen molar-refractivity contribution in [2.45, 2.75) is 25.2 Å². The molecule has 0 aliphatic carbocycles. The van der Waals surface area contributed by atoms with Gasteiger partial charge in [0, 0.05) is 17.6 Å². The molecule has 3 nitrogen and oxygen atoms in total. The van der Waals surface area contributed by atoms with E-state index in [1.54, 1.807) is 0 Å². The van der Waals surface area contributed by atoms with E-state index in [0.717, 1.165) is 31.9 Å². The molecule has 1 aliphatic heterocycles. The number of carbonyl (C=O) groups is 1. The smallest absolute Gasteiger partial charge is 0.184 e. The van der Waals surface area contributed by atoms with Gasteiger partial charge >= 0.3 is 0 Å². The fourth-order valence-corrected chi connectivity index (χ4v) is 6.09. The molecule has 142 valence electrons. The number of rotatable bonds is 4. The fourth-order valence-electron chi connectivity index (χ4n) is 3.01. The first kappa shape index (κ1) is 20.8. The van der Waals surface area contributed by atoms with E-state index >= 15 is 0 Å². The summed E-state index contributed by atoms with van der Waals surface area (Å²) in [5.41, 5.74) is 1.54. The highest BCUT2D eigenvalue weighted by Gasteiger charge is 2.41. The molecule has 0 bridgehead atoms. The third kappa shape index (κ3) is 4.42. The maximum atomic E-state index is 13.4. The minimum Gasteiger partial charge on any atom is -0.482 e. The van der Waals surface area contributed by atoms with Gasteiger partial charge in [0.1, 0.15) is 21.4 Å². The Morgan fingerprint density at radius 2 is 1.85 bits per heavy atom. The number of carbonyl (C=O) groups excluding carboxylic acids is 1. The van der Waals surface area contributed by atoms with Gasteiger partial charge in [0.05, 0.1) is 10.0 Å². The highest BCUT2D eigenvalue weighted by Crippen LogP contribution is 2.45. The van der Waals surface area contributed by atoms with Gasteiger partial charge in [0.15, 0.2) is 5.78 Å². The molecule has 0 unspecified atom stereocenters. The molecule has 0 spiro atoms. The molecule has 1 heterocycles. The van der Waals surface area contributed by atoms with E-state index in [0.29, 0.717) is 11.3 Å². The fraction of sp³-hybridized carbons (Fsp3) is 0.300. The molecule has 0 saturated heterocycles. The number of hydrogen-bond acceptors (Lipinski definition) is 4. The third-order valence-electron chi connectivity index (χ3n) is 4.43. The molecule has 0 fully saturated rings. The molecule has 0 amide bonds. The molecule has 2 aromatic rings. The van der Waals surface area contributed by atoms with Crippen molar-refractivity contribution in [3.05, 3.63) is 62.5 Å². The van der Waals surface area contributed by atoms with Crippen LogP contribution in [0.1, 0.15) is 35.9 Å². The molecule has 0 saturated carbocycles. The largest absolute Gasteiger partial charge is 0.482 e. The van der Waals surface area contributed by atoms with Crippen LogP contribution in [0.2, 0.25) is 0 Å². The molecular formula is C20H19Br2NO2S2. The molecular weight excluding hydrogens is 510 g/mol. The van der Waals surface area contributed by atoms with E-state index in [9.17, 15) is 4.79 Å². The van der Waals surface area contributed by atoms with Gasteiger partial charge in [-0.25, -0.2) is 0 Å². The number of thiocarbonyl (C=S) groups is 1. The highest BCUT2D eigenvalue weighted by molar-refractivity contribution is 9.11. The molecule has 0 aromatic heterocycles. The molecule has 2 atom stereocenters. The Labute approximate surface area is 186 Å². The second-order valence-electron chi connectivity index (χ2n) is 6.05. The van der Waals surface area contributed by atoms with Crippen molar-refractivity contribution < 1.29 is 9.53 Å². The van der Waals surface area contributed by atoms with Gasteiger partial charge < -0.3 is 9.64 Å². The first-order chi connectivity index (χ1) is 13.0. The number of benzene rings is 2. The van der Waals surface area contributed by atoms with Crippen LogP contribution in [0.5, 0.6) is 5.75 Å². The number of thioether (sulfide) groups is 1. The van der Waals surface area contributed by atoms with Gasteiger partial charge in [0.25, 0.3) is 0 Å². The predicted octanol–water partition coefficient (Wildman–Crippen LogP) is 6.26. The Balaban J connectivity index is 2.03. The van der Waals surface area contributed by atoms with E-state index in [1.165, 1.54) is 11.8 Å². The van der Waals surface area contributed by atoms with Crippen LogP contribution in [0, 0.1) is 0 Å². The van der Waals surface area contributed by atoms with Crippen LogP contribution in [0.4, 0.5) is 0 Å². The van der Waals surface area contributed by atoms with Crippen molar-refractivity contribution in [1.82, 2.24) is 4.90 Å². The van der Waals surface area contributed by atoms with Crippen molar-refractivity contribution >= 4 is 65.9 Å². The van der Waals surface area contributed by atoms with Crippen molar-refractivity contribution in [3.8, 4) is 5.75 Å². The normalized spacial score (nSPS) is 18.6. The zero-order valence-corrected chi connectivity index (χ0v) is 19.8. The number of hydrogen-bond donors (Lipinski definition) is 0. The average Bonchev–Trinajstić information content (AvgIpc) is 2.66. The monoisotopic (exact) mass is 527 g/mol. The van der Waals surface area contributed by atoms with Crippen LogP contribution < -0.4 is 4.74 Å². The minimum absolute atomic E-state index is 0.0339. The lowest BCUT2D eigenvalue weighted by Crippen LogP contribution is -2.37. The summed E-state index contributed by atoms with van der Waals surface area (Å²) in [5.74, 6) is 0.620. The molecule has 0 radical (unpaired) electrons. The van der Waals surface area contributed by atoms with Gasteiger partial charge in [-0.15, -0.1) is 0 Å². The number of halogens is 2. The lowest BCUT2D eigenvalue weighted by Gasteiger charge is -2.34. The predicted molar refractivity (Wildman–Crippen MR) is 123 cm³/mol. The topological polar surface area (TPSA) is 29.5 Å². The van der Waals surface area contributed by atoms with Crippen LogP contribution in [0.25, 0.3) is 0 Å². The highest BCUT2D eigenvalue weighted by atomic mass is 79.9. The van der Waals surface area contributed by atoms with Crippen molar-refractivity contribution in [2.24, 2.45) is 0 Å². The second kappa shape index (κ2) is 9.07.